The van der Waals surface area contributed by atoms with Gasteiger partial charge in [0, 0.05) is 19.6 Å². The van der Waals surface area contributed by atoms with Crippen molar-refractivity contribution < 1.29 is 9.53 Å². The third kappa shape index (κ3) is 5.43. The maximum absolute atomic E-state index is 12.4. The molecule has 1 aliphatic heterocycles. The number of carbonyl (C=O) groups excluding carboxylic acids is 1. The molecule has 1 aromatic heterocycles. The van der Waals surface area contributed by atoms with E-state index in [0.29, 0.717) is 32.1 Å². The van der Waals surface area contributed by atoms with Crippen LogP contribution >= 0.6 is 11.8 Å². The summed E-state index contributed by atoms with van der Waals surface area (Å²) in [5.74, 6) is 1.56. The Kier molecular flexibility index (Phi) is 8.18. The number of thioether (sulfide) groups is 1. The first-order valence-electron chi connectivity index (χ1n) is 9.16. The highest BCUT2D eigenvalue weighted by Crippen LogP contribution is 2.26. The van der Waals surface area contributed by atoms with Crippen LogP contribution in [0.2, 0.25) is 0 Å². The molecule has 1 atom stereocenters. The van der Waals surface area contributed by atoms with Crippen LogP contribution in [0.1, 0.15) is 45.0 Å². The van der Waals surface area contributed by atoms with Crippen LogP contribution in [-0.4, -0.2) is 76.6 Å². The van der Waals surface area contributed by atoms with Gasteiger partial charge in [0.1, 0.15) is 0 Å². The zero-order valence-electron chi connectivity index (χ0n) is 15.9. The number of morpholine rings is 1. The normalized spacial score (nSPS) is 16.4. The van der Waals surface area contributed by atoms with E-state index >= 15 is 0 Å². The van der Waals surface area contributed by atoms with Crippen LogP contribution in [0.5, 0.6) is 0 Å². The standard InChI is InChI=1S/C17H31N5O2S/c1-5-7-8-22-16(14(6-2)20(3)4)18-19-17(22)25-13-15(23)21-9-11-24-12-10-21/h14H,5-13H2,1-4H3. The lowest BCUT2D eigenvalue weighted by atomic mass is 10.2. The fraction of sp³-hybridized carbons (Fsp3) is 0.824. The Balaban J connectivity index is 2.08. The molecule has 0 radical (unpaired) electrons. The van der Waals surface area contributed by atoms with Crippen LogP contribution in [0.4, 0.5) is 0 Å². The second-order valence-electron chi connectivity index (χ2n) is 6.52. The lowest BCUT2D eigenvalue weighted by molar-refractivity contribution is -0.132. The van der Waals surface area contributed by atoms with Crippen molar-refractivity contribution in [2.45, 2.75) is 50.9 Å². The Bertz CT molecular complexity index is 543. The third-order valence-corrected chi connectivity index (χ3v) is 5.43. The fourth-order valence-corrected chi connectivity index (χ4v) is 3.86. The van der Waals surface area contributed by atoms with Gasteiger partial charge in [-0.15, -0.1) is 10.2 Å². The highest BCUT2D eigenvalue weighted by atomic mass is 32.2. The number of amides is 1. The molecule has 0 bridgehead atoms. The average molecular weight is 370 g/mol. The number of hydrogen-bond acceptors (Lipinski definition) is 6. The second kappa shape index (κ2) is 10.1. The third-order valence-electron chi connectivity index (χ3n) is 4.48. The molecular weight excluding hydrogens is 338 g/mol. The summed E-state index contributed by atoms with van der Waals surface area (Å²) in [7, 11) is 4.14. The molecule has 2 rings (SSSR count). The molecule has 0 N–H and O–H groups in total. The molecule has 1 fully saturated rings. The molecule has 1 saturated heterocycles. The molecule has 8 heteroatoms. The number of hydrogen-bond donors (Lipinski definition) is 0. The molecule has 1 amide bonds. The van der Waals surface area contributed by atoms with Crippen molar-refractivity contribution in [3.05, 3.63) is 5.82 Å². The van der Waals surface area contributed by atoms with E-state index in [1.165, 1.54) is 11.8 Å². The van der Waals surface area contributed by atoms with Gasteiger partial charge in [-0.3, -0.25) is 9.69 Å². The summed E-state index contributed by atoms with van der Waals surface area (Å²) in [6.07, 6.45) is 3.18. The van der Waals surface area contributed by atoms with Crippen molar-refractivity contribution >= 4 is 17.7 Å². The smallest absolute Gasteiger partial charge is 0.233 e. The van der Waals surface area contributed by atoms with Gasteiger partial charge in [-0.2, -0.15) is 0 Å². The van der Waals surface area contributed by atoms with Crippen molar-refractivity contribution in [3.63, 3.8) is 0 Å². The first-order chi connectivity index (χ1) is 12.1. The van der Waals surface area contributed by atoms with Gasteiger partial charge < -0.3 is 14.2 Å². The van der Waals surface area contributed by atoms with Gasteiger partial charge in [-0.05, 0) is 26.9 Å². The highest BCUT2D eigenvalue weighted by Gasteiger charge is 2.23. The van der Waals surface area contributed by atoms with Crippen LogP contribution < -0.4 is 0 Å². The van der Waals surface area contributed by atoms with Gasteiger partial charge in [0.05, 0.1) is 25.0 Å². The average Bonchev–Trinajstić information content (AvgIpc) is 3.01. The number of ether oxygens (including phenoxy) is 1. The number of rotatable bonds is 9. The number of carbonyl (C=O) groups is 1. The molecule has 1 unspecified atom stereocenters. The molecule has 142 valence electrons. The lowest BCUT2D eigenvalue weighted by Crippen LogP contribution is -2.41. The maximum Gasteiger partial charge on any atom is 0.233 e. The molecule has 0 aromatic carbocycles. The van der Waals surface area contributed by atoms with E-state index in [9.17, 15) is 4.79 Å². The molecule has 1 aliphatic rings. The quantitative estimate of drug-likeness (QED) is 0.621. The predicted molar refractivity (Wildman–Crippen MR) is 99.8 cm³/mol. The summed E-state index contributed by atoms with van der Waals surface area (Å²) in [6.45, 7) is 7.89. The van der Waals surface area contributed by atoms with Crippen molar-refractivity contribution in [2.24, 2.45) is 0 Å². The van der Waals surface area contributed by atoms with Crippen molar-refractivity contribution in [1.29, 1.82) is 0 Å². The fourth-order valence-electron chi connectivity index (χ4n) is 2.99. The Morgan fingerprint density at radius 3 is 2.60 bits per heavy atom. The van der Waals surface area contributed by atoms with Crippen LogP contribution in [0.3, 0.4) is 0 Å². The van der Waals surface area contributed by atoms with Gasteiger partial charge in [0.2, 0.25) is 5.91 Å². The lowest BCUT2D eigenvalue weighted by Gasteiger charge is -2.26. The number of unbranched alkanes of at least 4 members (excludes halogenated alkanes) is 1. The highest BCUT2D eigenvalue weighted by molar-refractivity contribution is 7.99. The molecule has 2 heterocycles. The van der Waals surface area contributed by atoms with Crippen LogP contribution in [0.15, 0.2) is 5.16 Å². The summed E-state index contributed by atoms with van der Waals surface area (Å²) in [4.78, 5) is 16.4. The van der Waals surface area contributed by atoms with Crippen LogP contribution in [-0.2, 0) is 16.1 Å². The van der Waals surface area contributed by atoms with Gasteiger partial charge in [-0.1, -0.05) is 32.0 Å². The van der Waals surface area contributed by atoms with E-state index in [-0.39, 0.29) is 11.9 Å². The summed E-state index contributed by atoms with van der Waals surface area (Å²) < 4.78 is 7.51. The van der Waals surface area contributed by atoms with Crippen molar-refractivity contribution in [2.75, 3.05) is 46.2 Å². The number of nitrogens with zero attached hydrogens (tertiary/aromatic N) is 5. The minimum absolute atomic E-state index is 0.152. The summed E-state index contributed by atoms with van der Waals surface area (Å²) in [5.41, 5.74) is 0. The minimum atomic E-state index is 0.152. The van der Waals surface area contributed by atoms with Crippen LogP contribution in [0.25, 0.3) is 0 Å². The molecule has 0 saturated carbocycles. The zero-order chi connectivity index (χ0) is 18.2. The van der Waals surface area contributed by atoms with E-state index < -0.39 is 0 Å². The first-order valence-corrected chi connectivity index (χ1v) is 10.1. The molecular formula is C17H31N5O2S. The maximum atomic E-state index is 12.4. The van der Waals surface area contributed by atoms with Crippen LogP contribution in [0, 0.1) is 0 Å². The first kappa shape index (κ1) is 20.2. The van der Waals surface area contributed by atoms with Gasteiger partial charge in [0.25, 0.3) is 0 Å². The molecule has 0 aliphatic carbocycles. The summed E-state index contributed by atoms with van der Waals surface area (Å²) in [6, 6.07) is 0.244. The molecule has 7 nitrogen and oxygen atoms in total. The molecule has 25 heavy (non-hydrogen) atoms. The zero-order valence-corrected chi connectivity index (χ0v) is 16.7. The molecule has 0 spiro atoms. The molecule has 1 aromatic rings. The van der Waals surface area contributed by atoms with E-state index in [2.05, 4.69) is 47.6 Å². The van der Waals surface area contributed by atoms with E-state index in [0.717, 1.165) is 36.8 Å². The summed E-state index contributed by atoms with van der Waals surface area (Å²) >= 11 is 1.50. The monoisotopic (exact) mass is 369 g/mol. The number of aromatic nitrogens is 3. The minimum Gasteiger partial charge on any atom is -0.378 e. The van der Waals surface area contributed by atoms with Crippen molar-refractivity contribution in [1.82, 2.24) is 24.6 Å². The van der Waals surface area contributed by atoms with Gasteiger partial charge in [-0.25, -0.2) is 0 Å². The van der Waals surface area contributed by atoms with E-state index in [1.54, 1.807) is 0 Å². The Hall–Kier alpha value is -1.12. The van der Waals surface area contributed by atoms with E-state index in [4.69, 9.17) is 4.74 Å². The van der Waals surface area contributed by atoms with E-state index in [1.807, 2.05) is 4.90 Å². The largest absolute Gasteiger partial charge is 0.378 e. The predicted octanol–water partition coefficient (Wildman–Crippen LogP) is 2.04. The Morgan fingerprint density at radius 1 is 1.28 bits per heavy atom. The van der Waals surface area contributed by atoms with Gasteiger partial charge in [0.15, 0.2) is 11.0 Å². The topological polar surface area (TPSA) is 63.5 Å². The Labute approximate surface area is 155 Å². The second-order valence-corrected chi connectivity index (χ2v) is 7.46. The summed E-state index contributed by atoms with van der Waals surface area (Å²) in [5, 5.41) is 9.70. The van der Waals surface area contributed by atoms with Crippen molar-refractivity contribution in [3.8, 4) is 0 Å². The van der Waals surface area contributed by atoms with Gasteiger partial charge >= 0.3 is 0 Å². The Morgan fingerprint density at radius 2 is 2.00 bits per heavy atom. The SMILES string of the molecule is CCCCn1c(SCC(=O)N2CCOCC2)nnc1C(CC)N(C)C.